The molecule has 0 rings (SSSR count). The van der Waals surface area contributed by atoms with Crippen molar-refractivity contribution in [3.05, 3.63) is 60.8 Å². The van der Waals surface area contributed by atoms with E-state index in [-0.39, 0.29) is 12.8 Å². The molecule has 0 amide bonds. The number of hydrogen-bond donors (Lipinski definition) is 5. The van der Waals surface area contributed by atoms with Crippen molar-refractivity contribution >= 4 is 27.6 Å². The van der Waals surface area contributed by atoms with Crippen molar-refractivity contribution in [1.82, 2.24) is 0 Å². The van der Waals surface area contributed by atoms with Gasteiger partial charge in [-0.3, -0.25) is 23.2 Å². The van der Waals surface area contributed by atoms with Gasteiger partial charge in [-0.25, -0.2) is 9.13 Å². The smallest absolute Gasteiger partial charge is 0.462 e. The number of allylic oxidation sites excluding steroid dienone is 8. The molecule has 0 spiro atoms. The highest BCUT2D eigenvalue weighted by Crippen LogP contribution is 2.43. The molecule has 0 aliphatic carbocycles. The molecule has 366 valence electrons. The normalized spacial score (nSPS) is 15.1. The number of ether oxygens (including phenoxy) is 2. The average Bonchev–Trinajstić information content (AvgIpc) is 3.23. The largest absolute Gasteiger partial charge is 0.472 e. The third-order valence-electron chi connectivity index (χ3n) is 9.66. The summed E-state index contributed by atoms with van der Waals surface area (Å²) in [7, 11) is -9.71. The fourth-order valence-corrected chi connectivity index (χ4v) is 7.27. The number of aliphatic hydroxyl groups excluding tert-OH is 2. The van der Waals surface area contributed by atoms with E-state index < -0.39 is 72.3 Å². The Labute approximate surface area is 379 Å². The van der Waals surface area contributed by atoms with Gasteiger partial charge in [-0.2, -0.15) is 0 Å². The van der Waals surface area contributed by atoms with Crippen molar-refractivity contribution < 1.29 is 66.7 Å². The van der Waals surface area contributed by atoms with Gasteiger partial charge in [0.05, 0.1) is 25.9 Å². The van der Waals surface area contributed by atoms with Gasteiger partial charge < -0.3 is 34.4 Å². The van der Waals surface area contributed by atoms with E-state index in [1.165, 1.54) is 77.0 Å². The van der Waals surface area contributed by atoms with Crippen LogP contribution in [0.2, 0.25) is 0 Å². The molecule has 0 aromatic carbocycles. The van der Waals surface area contributed by atoms with Gasteiger partial charge in [0, 0.05) is 12.8 Å². The molecule has 0 radical (unpaired) electrons. The Kier molecular flexibility index (Phi) is 39.8. The summed E-state index contributed by atoms with van der Waals surface area (Å²) in [6.45, 7) is 3.79. The maximum Gasteiger partial charge on any atom is 0.472 e. The highest BCUT2D eigenvalue weighted by Gasteiger charge is 2.28. The van der Waals surface area contributed by atoms with Gasteiger partial charge in [-0.1, -0.05) is 178 Å². The summed E-state index contributed by atoms with van der Waals surface area (Å²) in [6.07, 6.45) is 39.9. The summed E-state index contributed by atoms with van der Waals surface area (Å²) in [5.41, 5.74) is 0. The topological polar surface area (TPSA) is 216 Å². The molecule has 5 N–H and O–H groups in total. The molecule has 0 aromatic heterocycles. The van der Waals surface area contributed by atoms with Crippen LogP contribution in [0.15, 0.2) is 60.8 Å². The highest BCUT2D eigenvalue weighted by atomic mass is 31.2. The SMILES string of the molecule is CC/C=C\C(O)C/C=C/C=C\C/C=C\C/C=C\CCCC(=O)OC[C@H](COP(=O)(O)OC[C@@H](O)COP(=O)(O)O)OC(=O)CCCCCCCCCCCCCCCCCC(C)C. The number of carbonyl (C=O) groups is 2. The van der Waals surface area contributed by atoms with Crippen LogP contribution >= 0.6 is 15.6 Å². The quantitative estimate of drug-likeness (QED) is 0.0126. The average molecular weight is 935 g/mol. The van der Waals surface area contributed by atoms with Crippen molar-refractivity contribution in [2.75, 3.05) is 26.4 Å². The fraction of sp³-hybridized carbons (Fsp3) is 0.745. The van der Waals surface area contributed by atoms with E-state index in [2.05, 4.69) is 29.0 Å². The molecular formula is C47H84O14P2. The molecule has 0 heterocycles. The van der Waals surface area contributed by atoms with Gasteiger partial charge in [-0.15, -0.1) is 0 Å². The molecular weight excluding hydrogens is 850 g/mol. The van der Waals surface area contributed by atoms with Crippen LogP contribution in [0.4, 0.5) is 0 Å². The lowest BCUT2D eigenvalue weighted by molar-refractivity contribution is -0.161. The fourth-order valence-electron chi connectivity index (χ4n) is 6.12. The van der Waals surface area contributed by atoms with Crippen LogP contribution in [0.1, 0.15) is 175 Å². The van der Waals surface area contributed by atoms with Crippen molar-refractivity contribution in [2.24, 2.45) is 5.92 Å². The molecule has 4 atom stereocenters. The second-order valence-corrected chi connectivity index (χ2v) is 19.0. The molecule has 0 fully saturated rings. The minimum absolute atomic E-state index is 0.0981. The molecule has 0 bridgehead atoms. The second kappa shape index (κ2) is 41.2. The summed E-state index contributed by atoms with van der Waals surface area (Å²) in [5, 5.41) is 19.5. The van der Waals surface area contributed by atoms with Crippen LogP contribution in [0.3, 0.4) is 0 Å². The van der Waals surface area contributed by atoms with E-state index in [1.807, 2.05) is 55.5 Å². The van der Waals surface area contributed by atoms with Crippen molar-refractivity contribution in [3.8, 4) is 0 Å². The Hall–Kier alpha value is -2.22. The predicted octanol–water partition coefficient (Wildman–Crippen LogP) is 11.2. The van der Waals surface area contributed by atoms with E-state index >= 15 is 0 Å². The van der Waals surface area contributed by atoms with Crippen molar-refractivity contribution in [1.29, 1.82) is 0 Å². The number of phosphoric acid groups is 2. The maximum absolute atomic E-state index is 12.7. The Bertz CT molecular complexity index is 1370. The number of unbranched alkanes of at least 4 members (excludes halogenated alkanes) is 15. The van der Waals surface area contributed by atoms with Gasteiger partial charge >= 0.3 is 27.6 Å². The summed E-state index contributed by atoms with van der Waals surface area (Å²) in [5.74, 6) is -0.312. The summed E-state index contributed by atoms with van der Waals surface area (Å²) < 4.78 is 47.8. The molecule has 0 saturated carbocycles. The van der Waals surface area contributed by atoms with Crippen LogP contribution in [0.25, 0.3) is 0 Å². The third-order valence-corrected chi connectivity index (χ3v) is 11.1. The first-order valence-electron chi connectivity index (χ1n) is 23.4. The van der Waals surface area contributed by atoms with E-state index in [4.69, 9.17) is 23.8 Å². The maximum atomic E-state index is 12.7. The van der Waals surface area contributed by atoms with Crippen molar-refractivity contribution in [2.45, 2.75) is 193 Å². The molecule has 0 aliphatic rings. The van der Waals surface area contributed by atoms with Crippen LogP contribution < -0.4 is 0 Å². The zero-order chi connectivity index (χ0) is 46.9. The van der Waals surface area contributed by atoms with E-state index in [1.54, 1.807) is 6.08 Å². The number of esters is 2. The Balaban J connectivity index is 4.57. The van der Waals surface area contributed by atoms with Crippen LogP contribution in [0, 0.1) is 5.92 Å². The zero-order valence-corrected chi connectivity index (χ0v) is 40.5. The van der Waals surface area contributed by atoms with Gasteiger partial charge in [0.1, 0.15) is 12.7 Å². The van der Waals surface area contributed by atoms with E-state index in [9.17, 15) is 33.8 Å². The highest BCUT2D eigenvalue weighted by molar-refractivity contribution is 7.47. The lowest BCUT2D eigenvalue weighted by atomic mass is 10.0. The zero-order valence-electron chi connectivity index (χ0n) is 38.7. The predicted molar refractivity (Wildman–Crippen MR) is 250 cm³/mol. The second-order valence-electron chi connectivity index (χ2n) is 16.3. The lowest BCUT2D eigenvalue weighted by Gasteiger charge is -2.20. The molecule has 14 nitrogen and oxygen atoms in total. The molecule has 2 unspecified atom stereocenters. The van der Waals surface area contributed by atoms with Crippen molar-refractivity contribution in [3.63, 3.8) is 0 Å². The Morgan fingerprint density at radius 3 is 1.67 bits per heavy atom. The minimum Gasteiger partial charge on any atom is -0.462 e. The van der Waals surface area contributed by atoms with Gasteiger partial charge in [0.25, 0.3) is 0 Å². The van der Waals surface area contributed by atoms with Crippen LogP contribution in [0.5, 0.6) is 0 Å². The number of phosphoric ester groups is 2. The van der Waals surface area contributed by atoms with Gasteiger partial charge in [0.15, 0.2) is 6.10 Å². The molecule has 16 heteroatoms. The summed E-state index contributed by atoms with van der Waals surface area (Å²) in [6, 6.07) is 0. The van der Waals surface area contributed by atoms with E-state index in [0.717, 1.165) is 44.4 Å². The monoisotopic (exact) mass is 935 g/mol. The lowest BCUT2D eigenvalue weighted by Crippen LogP contribution is -2.30. The van der Waals surface area contributed by atoms with E-state index in [0.29, 0.717) is 25.7 Å². The van der Waals surface area contributed by atoms with Gasteiger partial charge in [-0.05, 0) is 50.9 Å². The molecule has 0 aromatic rings. The number of rotatable bonds is 43. The number of hydrogen-bond acceptors (Lipinski definition) is 11. The van der Waals surface area contributed by atoms with Crippen LogP contribution in [-0.2, 0) is 41.8 Å². The number of carbonyl (C=O) groups excluding carboxylic acids is 2. The van der Waals surface area contributed by atoms with Crippen LogP contribution in [-0.4, -0.2) is 81.6 Å². The summed E-state index contributed by atoms with van der Waals surface area (Å²) >= 11 is 0. The van der Waals surface area contributed by atoms with Gasteiger partial charge in [0.2, 0.25) is 0 Å². The first kappa shape index (κ1) is 60.8. The first-order chi connectivity index (χ1) is 30.1. The number of aliphatic hydroxyl groups is 2. The first-order valence-corrected chi connectivity index (χ1v) is 26.5. The Morgan fingerprint density at radius 1 is 0.571 bits per heavy atom. The molecule has 63 heavy (non-hydrogen) atoms. The summed E-state index contributed by atoms with van der Waals surface area (Å²) in [4.78, 5) is 52.8. The molecule has 0 saturated heterocycles. The Morgan fingerprint density at radius 2 is 1.08 bits per heavy atom. The minimum atomic E-state index is -4.88. The standard InChI is InChI=1S/C47H84O14P2/c1-4-5-34-43(48)35-30-26-22-18-14-11-12-15-19-23-27-31-36-46(50)57-40-45(41-60-63(55,56)59-39-44(49)38-58-62(52,53)54)61-47(51)37-32-28-24-20-16-10-8-6-7-9-13-17-21-25-29-33-42(2)3/h5,11-12,18-19,22-23,26,30,34,42-45,48-49H,4,6-10,13-17,20-21,24-25,27-29,31-33,35-41H2,1-3H3,(H,55,56)(H2,52,53,54)/b12-11-,22-18-,23-19-,30-26+,34-5-/t43?,44-,45+/m0/s1. The molecule has 0 aliphatic heterocycles. The third kappa shape index (κ3) is 46.1.